The summed E-state index contributed by atoms with van der Waals surface area (Å²) in [6, 6.07) is 7.90. The van der Waals surface area contributed by atoms with Gasteiger partial charge in [0.2, 0.25) is 0 Å². The van der Waals surface area contributed by atoms with E-state index in [1.54, 1.807) is 0 Å². The predicted octanol–water partition coefficient (Wildman–Crippen LogP) is 4.42. The number of halogens is 1. The van der Waals surface area contributed by atoms with Crippen molar-refractivity contribution in [3.05, 3.63) is 34.9 Å². The molecule has 0 aromatic heterocycles. The van der Waals surface area contributed by atoms with Gasteiger partial charge in [-0.25, -0.2) is 4.79 Å². The van der Waals surface area contributed by atoms with Gasteiger partial charge in [0.15, 0.2) is 5.79 Å². The molecule has 1 amide bonds. The number of alkyl carbamates (subject to hydrolysis) is 1. The fourth-order valence-corrected chi connectivity index (χ4v) is 4.03. The highest BCUT2D eigenvalue weighted by molar-refractivity contribution is 6.30. The smallest absolute Gasteiger partial charge is 0.407 e. The Kier molecular flexibility index (Phi) is 5.52. The predicted molar refractivity (Wildman–Crippen MR) is 100 cm³/mol. The topological polar surface area (TPSA) is 56.8 Å². The molecule has 1 aromatic rings. The summed E-state index contributed by atoms with van der Waals surface area (Å²) in [5.41, 5.74) is 0.409. The Bertz CT molecular complexity index is 639. The van der Waals surface area contributed by atoms with Crippen molar-refractivity contribution in [2.45, 2.75) is 63.3 Å². The molecule has 0 radical (unpaired) electrons. The maximum absolute atomic E-state index is 12.2. The van der Waals surface area contributed by atoms with Gasteiger partial charge in [0, 0.05) is 29.8 Å². The molecule has 6 heteroatoms. The van der Waals surface area contributed by atoms with Crippen LogP contribution < -0.4 is 5.32 Å². The molecule has 1 N–H and O–H groups in total. The minimum atomic E-state index is -0.518. The molecule has 1 aliphatic heterocycles. The van der Waals surface area contributed by atoms with Crippen molar-refractivity contribution in [2.75, 3.05) is 19.8 Å². The monoisotopic (exact) mass is 381 g/mol. The summed E-state index contributed by atoms with van der Waals surface area (Å²) in [5.74, 6) is -0.450. The second kappa shape index (κ2) is 7.37. The van der Waals surface area contributed by atoms with Crippen molar-refractivity contribution >= 4 is 17.7 Å². The highest BCUT2D eigenvalue weighted by Crippen LogP contribution is 2.46. The van der Waals surface area contributed by atoms with Gasteiger partial charge < -0.3 is 19.5 Å². The minimum Gasteiger partial charge on any atom is -0.444 e. The zero-order chi connectivity index (χ0) is 18.8. The summed E-state index contributed by atoms with van der Waals surface area (Å²) in [5, 5.41) is 3.66. The average molecular weight is 382 g/mol. The first-order valence-corrected chi connectivity index (χ1v) is 9.61. The van der Waals surface area contributed by atoms with Crippen molar-refractivity contribution in [1.82, 2.24) is 5.32 Å². The number of hydrogen-bond acceptors (Lipinski definition) is 4. The van der Waals surface area contributed by atoms with E-state index in [2.05, 4.69) is 11.4 Å². The van der Waals surface area contributed by atoms with Crippen LogP contribution in [0.5, 0.6) is 0 Å². The first kappa shape index (κ1) is 19.5. The molecule has 5 nitrogen and oxygen atoms in total. The van der Waals surface area contributed by atoms with Crippen LogP contribution in [-0.2, 0) is 19.6 Å². The van der Waals surface area contributed by atoms with Gasteiger partial charge >= 0.3 is 6.09 Å². The fourth-order valence-electron chi connectivity index (χ4n) is 3.84. The highest BCUT2D eigenvalue weighted by atomic mass is 35.5. The van der Waals surface area contributed by atoms with Gasteiger partial charge in [-0.15, -0.1) is 0 Å². The first-order chi connectivity index (χ1) is 12.2. The third kappa shape index (κ3) is 4.51. The zero-order valence-corrected chi connectivity index (χ0v) is 16.5. The molecule has 3 rings (SSSR count). The van der Waals surface area contributed by atoms with Gasteiger partial charge in [0.1, 0.15) is 5.60 Å². The van der Waals surface area contributed by atoms with Gasteiger partial charge in [-0.05, 0) is 51.3 Å². The van der Waals surface area contributed by atoms with E-state index in [0.29, 0.717) is 24.8 Å². The standard InChI is InChI=1S/C20H28ClNO4/c1-18(2,3)26-17(23)22-14-19(15-5-4-6-16(21)13-15)7-9-20(10-8-19)24-11-12-25-20/h4-6,13H,7-12,14H2,1-3H3,(H,22,23). The van der Waals surface area contributed by atoms with Gasteiger partial charge in [-0.1, -0.05) is 23.7 Å². The third-order valence-electron chi connectivity index (χ3n) is 5.19. The lowest BCUT2D eigenvalue weighted by Crippen LogP contribution is -2.48. The molecule has 1 saturated heterocycles. The molecule has 2 fully saturated rings. The normalized spacial score (nSPS) is 21.5. The number of carbonyl (C=O) groups is 1. The van der Waals surface area contributed by atoms with Crippen molar-refractivity contribution in [2.24, 2.45) is 0 Å². The summed E-state index contributed by atoms with van der Waals surface area (Å²) < 4.78 is 17.1. The number of rotatable bonds is 3. The Balaban J connectivity index is 1.76. The van der Waals surface area contributed by atoms with Gasteiger partial charge in [0.05, 0.1) is 13.2 Å². The zero-order valence-electron chi connectivity index (χ0n) is 15.8. The first-order valence-electron chi connectivity index (χ1n) is 9.23. The molecular formula is C20H28ClNO4. The number of hydrogen-bond donors (Lipinski definition) is 1. The molecule has 0 bridgehead atoms. The van der Waals surface area contributed by atoms with Crippen LogP contribution in [0.25, 0.3) is 0 Å². The van der Waals surface area contributed by atoms with E-state index in [4.69, 9.17) is 25.8 Å². The Morgan fingerprint density at radius 2 is 1.85 bits per heavy atom. The highest BCUT2D eigenvalue weighted by Gasteiger charge is 2.47. The van der Waals surface area contributed by atoms with Crippen molar-refractivity contribution in [1.29, 1.82) is 0 Å². The summed E-state index contributed by atoms with van der Waals surface area (Å²) >= 11 is 6.24. The molecule has 0 unspecified atom stereocenters. The Morgan fingerprint density at radius 3 is 2.42 bits per heavy atom. The quantitative estimate of drug-likeness (QED) is 0.842. The van der Waals surface area contributed by atoms with Crippen LogP contribution in [-0.4, -0.2) is 37.2 Å². The Morgan fingerprint density at radius 1 is 1.19 bits per heavy atom. The summed E-state index contributed by atoms with van der Waals surface area (Å²) in [6.45, 7) is 7.38. The van der Waals surface area contributed by atoms with Crippen LogP contribution in [0, 0.1) is 0 Å². The summed E-state index contributed by atoms with van der Waals surface area (Å²) in [6.07, 6.45) is 2.91. The minimum absolute atomic E-state index is 0.206. The maximum Gasteiger partial charge on any atom is 0.407 e. The Labute approximate surface area is 160 Å². The summed E-state index contributed by atoms with van der Waals surface area (Å²) in [4.78, 5) is 12.2. The average Bonchev–Trinajstić information content (AvgIpc) is 3.02. The molecule has 144 valence electrons. The molecule has 26 heavy (non-hydrogen) atoms. The number of nitrogens with one attached hydrogen (secondary N) is 1. The van der Waals surface area contributed by atoms with E-state index in [1.807, 2.05) is 39.0 Å². The number of benzene rings is 1. The van der Waals surface area contributed by atoms with Crippen LogP contribution in [0.2, 0.25) is 5.02 Å². The van der Waals surface area contributed by atoms with Crippen LogP contribution in [0.4, 0.5) is 4.79 Å². The fraction of sp³-hybridized carbons (Fsp3) is 0.650. The molecule has 1 spiro atoms. The van der Waals surface area contributed by atoms with E-state index in [-0.39, 0.29) is 5.41 Å². The SMILES string of the molecule is CC(C)(C)OC(=O)NCC1(c2cccc(Cl)c2)CCC2(CC1)OCCO2. The maximum atomic E-state index is 12.2. The Hall–Kier alpha value is -1.30. The number of carbonyl (C=O) groups excluding carboxylic acids is 1. The van der Waals surface area contributed by atoms with Crippen LogP contribution in [0.3, 0.4) is 0 Å². The molecule has 1 aromatic carbocycles. The molecule has 1 heterocycles. The van der Waals surface area contributed by atoms with Crippen molar-refractivity contribution < 1.29 is 19.0 Å². The van der Waals surface area contributed by atoms with Gasteiger partial charge in [-0.2, -0.15) is 0 Å². The van der Waals surface area contributed by atoms with Crippen molar-refractivity contribution in [3.63, 3.8) is 0 Å². The van der Waals surface area contributed by atoms with E-state index in [0.717, 1.165) is 31.2 Å². The summed E-state index contributed by atoms with van der Waals surface area (Å²) in [7, 11) is 0. The number of ether oxygens (including phenoxy) is 3. The molecule has 1 saturated carbocycles. The largest absolute Gasteiger partial charge is 0.444 e. The third-order valence-corrected chi connectivity index (χ3v) is 5.42. The number of amides is 1. The second-order valence-corrected chi connectivity index (χ2v) is 8.69. The van der Waals surface area contributed by atoms with E-state index >= 15 is 0 Å². The van der Waals surface area contributed by atoms with Crippen molar-refractivity contribution in [3.8, 4) is 0 Å². The van der Waals surface area contributed by atoms with Crippen LogP contribution in [0.15, 0.2) is 24.3 Å². The lowest BCUT2D eigenvalue weighted by Gasteiger charge is -2.44. The molecule has 1 aliphatic carbocycles. The second-order valence-electron chi connectivity index (χ2n) is 8.25. The lowest BCUT2D eigenvalue weighted by molar-refractivity contribution is -0.184. The van der Waals surface area contributed by atoms with Gasteiger partial charge in [-0.3, -0.25) is 0 Å². The van der Waals surface area contributed by atoms with E-state index in [1.165, 1.54) is 0 Å². The lowest BCUT2D eigenvalue weighted by atomic mass is 9.67. The van der Waals surface area contributed by atoms with Crippen LogP contribution >= 0.6 is 11.6 Å². The van der Waals surface area contributed by atoms with Gasteiger partial charge in [0.25, 0.3) is 0 Å². The molecular weight excluding hydrogens is 354 g/mol. The molecule has 2 aliphatic rings. The van der Waals surface area contributed by atoms with Crippen LogP contribution in [0.1, 0.15) is 52.0 Å². The molecule has 0 atom stereocenters. The van der Waals surface area contributed by atoms with E-state index < -0.39 is 17.5 Å². The van der Waals surface area contributed by atoms with E-state index in [9.17, 15) is 4.79 Å².